The standard InChI is InChI=1S/C12H16N2O2/c1-9(2)8-16-12-10(7-14-13)5-4-6-11(12)15-3/h4-7H,1,8,13H2,2-3H3. The summed E-state index contributed by atoms with van der Waals surface area (Å²) in [6, 6.07) is 5.53. The molecule has 1 rings (SSSR count). The Bertz CT molecular complexity index is 400. The van der Waals surface area contributed by atoms with Crippen molar-refractivity contribution in [3.8, 4) is 11.5 Å². The number of ether oxygens (including phenoxy) is 2. The number of nitrogens with zero attached hydrogens (tertiary/aromatic N) is 1. The molecule has 0 amide bonds. The first-order chi connectivity index (χ1) is 7.69. The minimum atomic E-state index is 0.436. The van der Waals surface area contributed by atoms with Crippen molar-refractivity contribution in [1.29, 1.82) is 0 Å². The van der Waals surface area contributed by atoms with Crippen LogP contribution < -0.4 is 15.3 Å². The molecule has 1 aromatic carbocycles. The highest BCUT2D eigenvalue weighted by atomic mass is 16.5. The molecule has 4 heteroatoms. The summed E-state index contributed by atoms with van der Waals surface area (Å²) in [6.45, 7) is 6.11. The van der Waals surface area contributed by atoms with Gasteiger partial charge in [-0.25, -0.2) is 0 Å². The summed E-state index contributed by atoms with van der Waals surface area (Å²) in [7, 11) is 1.59. The molecule has 0 aliphatic carbocycles. The van der Waals surface area contributed by atoms with Crippen molar-refractivity contribution in [2.75, 3.05) is 13.7 Å². The molecular weight excluding hydrogens is 204 g/mol. The highest BCUT2D eigenvalue weighted by Crippen LogP contribution is 2.30. The number of benzene rings is 1. The van der Waals surface area contributed by atoms with Crippen LogP contribution in [0.3, 0.4) is 0 Å². The molecule has 16 heavy (non-hydrogen) atoms. The lowest BCUT2D eigenvalue weighted by atomic mass is 10.2. The number of hydrazone groups is 1. The van der Waals surface area contributed by atoms with E-state index in [0.717, 1.165) is 11.1 Å². The van der Waals surface area contributed by atoms with E-state index in [1.165, 1.54) is 6.21 Å². The Labute approximate surface area is 95.4 Å². The largest absolute Gasteiger partial charge is 0.493 e. The molecule has 0 unspecified atom stereocenters. The SMILES string of the molecule is C=C(C)COc1c(C=NN)cccc1OC. The predicted octanol–water partition coefficient (Wildman–Crippen LogP) is 1.94. The molecule has 0 fully saturated rings. The molecule has 0 atom stereocenters. The van der Waals surface area contributed by atoms with Crippen molar-refractivity contribution in [2.45, 2.75) is 6.92 Å². The van der Waals surface area contributed by atoms with Gasteiger partial charge in [0, 0.05) is 5.56 Å². The van der Waals surface area contributed by atoms with Crippen molar-refractivity contribution in [3.05, 3.63) is 35.9 Å². The Hall–Kier alpha value is -1.97. The van der Waals surface area contributed by atoms with Crippen LogP contribution in [0.15, 0.2) is 35.5 Å². The fourth-order valence-electron chi connectivity index (χ4n) is 1.23. The zero-order valence-corrected chi connectivity index (χ0v) is 9.56. The molecule has 4 nitrogen and oxygen atoms in total. The molecule has 0 aliphatic heterocycles. The van der Waals surface area contributed by atoms with Gasteiger partial charge in [-0.2, -0.15) is 5.10 Å². The Morgan fingerprint density at radius 2 is 2.31 bits per heavy atom. The Kier molecular flexibility index (Phi) is 4.39. The van der Waals surface area contributed by atoms with E-state index >= 15 is 0 Å². The lowest BCUT2D eigenvalue weighted by Crippen LogP contribution is -2.03. The number of para-hydroxylation sites is 1. The fraction of sp³-hybridized carbons (Fsp3) is 0.250. The number of rotatable bonds is 5. The van der Waals surface area contributed by atoms with E-state index in [1.54, 1.807) is 7.11 Å². The van der Waals surface area contributed by atoms with E-state index in [0.29, 0.717) is 18.1 Å². The monoisotopic (exact) mass is 220 g/mol. The summed E-state index contributed by atoms with van der Waals surface area (Å²) in [5.74, 6) is 6.41. The number of hydrogen-bond donors (Lipinski definition) is 1. The second kappa shape index (κ2) is 5.80. The van der Waals surface area contributed by atoms with Crippen LogP contribution in [0.1, 0.15) is 12.5 Å². The van der Waals surface area contributed by atoms with Crippen LogP contribution in [0, 0.1) is 0 Å². The van der Waals surface area contributed by atoms with Gasteiger partial charge in [-0.15, -0.1) is 0 Å². The van der Waals surface area contributed by atoms with Crippen LogP contribution in [0.2, 0.25) is 0 Å². The minimum absolute atomic E-state index is 0.436. The second-order valence-electron chi connectivity index (χ2n) is 3.40. The van der Waals surface area contributed by atoms with E-state index in [2.05, 4.69) is 11.7 Å². The van der Waals surface area contributed by atoms with E-state index in [4.69, 9.17) is 15.3 Å². The molecule has 0 bridgehead atoms. The number of nitrogens with two attached hydrogens (primary N) is 1. The van der Waals surface area contributed by atoms with Gasteiger partial charge in [0.25, 0.3) is 0 Å². The Morgan fingerprint density at radius 3 is 2.88 bits per heavy atom. The summed E-state index contributed by atoms with van der Waals surface area (Å²) in [5.41, 5.74) is 1.71. The summed E-state index contributed by atoms with van der Waals surface area (Å²) >= 11 is 0. The maximum atomic E-state index is 5.60. The normalized spacial score (nSPS) is 10.4. The first kappa shape index (κ1) is 12.1. The maximum Gasteiger partial charge on any atom is 0.170 e. The average molecular weight is 220 g/mol. The van der Waals surface area contributed by atoms with Gasteiger partial charge in [0.2, 0.25) is 0 Å². The van der Waals surface area contributed by atoms with E-state index in [9.17, 15) is 0 Å². The van der Waals surface area contributed by atoms with Crippen molar-refractivity contribution in [1.82, 2.24) is 0 Å². The predicted molar refractivity (Wildman–Crippen MR) is 65.1 cm³/mol. The molecule has 2 N–H and O–H groups in total. The topological polar surface area (TPSA) is 56.8 Å². The van der Waals surface area contributed by atoms with Crippen LogP contribution in [-0.4, -0.2) is 19.9 Å². The molecule has 0 heterocycles. The zero-order chi connectivity index (χ0) is 12.0. The van der Waals surface area contributed by atoms with Gasteiger partial charge in [-0.1, -0.05) is 12.6 Å². The molecule has 0 saturated heterocycles. The highest BCUT2D eigenvalue weighted by Gasteiger charge is 2.08. The maximum absolute atomic E-state index is 5.60. The van der Waals surface area contributed by atoms with Crippen molar-refractivity contribution < 1.29 is 9.47 Å². The first-order valence-corrected chi connectivity index (χ1v) is 4.86. The average Bonchev–Trinajstić information content (AvgIpc) is 2.27. The van der Waals surface area contributed by atoms with Crippen molar-refractivity contribution in [2.24, 2.45) is 10.9 Å². The fourth-order valence-corrected chi connectivity index (χ4v) is 1.23. The molecule has 0 spiro atoms. The van der Waals surface area contributed by atoms with E-state index in [1.807, 2.05) is 25.1 Å². The first-order valence-electron chi connectivity index (χ1n) is 4.86. The van der Waals surface area contributed by atoms with Gasteiger partial charge in [-0.05, 0) is 24.6 Å². The van der Waals surface area contributed by atoms with E-state index < -0.39 is 0 Å². The summed E-state index contributed by atoms with van der Waals surface area (Å²) in [5, 5.41) is 3.49. The van der Waals surface area contributed by atoms with Crippen molar-refractivity contribution >= 4 is 6.21 Å². The Morgan fingerprint density at radius 1 is 1.56 bits per heavy atom. The van der Waals surface area contributed by atoms with Crippen LogP contribution in [0.5, 0.6) is 11.5 Å². The highest BCUT2D eigenvalue weighted by molar-refractivity contribution is 5.84. The quantitative estimate of drug-likeness (QED) is 0.357. The van der Waals surface area contributed by atoms with Gasteiger partial charge in [0.15, 0.2) is 11.5 Å². The molecule has 0 radical (unpaired) electrons. The van der Waals surface area contributed by atoms with E-state index in [-0.39, 0.29) is 0 Å². The molecular formula is C12H16N2O2. The minimum Gasteiger partial charge on any atom is -0.493 e. The van der Waals surface area contributed by atoms with Crippen molar-refractivity contribution in [3.63, 3.8) is 0 Å². The lowest BCUT2D eigenvalue weighted by Gasteiger charge is -2.12. The lowest BCUT2D eigenvalue weighted by molar-refractivity contribution is 0.319. The third-order valence-electron chi connectivity index (χ3n) is 1.91. The molecule has 86 valence electrons. The number of methoxy groups -OCH3 is 1. The number of hydrogen-bond acceptors (Lipinski definition) is 4. The van der Waals surface area contributed by atoms with Crippen LogP contribution in [-0.2, 0) is 0 Å². The summed E-state index contributed by atoms with van der Waals surface area (Å²) < 4.78 is 10.8. The van der Waals surface area contributed by atoms with Gasteiger partial charge < -0.3 is 15.3 Å². The molecule has 0 aromatic heterocycles. The second-order valence-corrected chi connectivity index (χ2v) is 3.40. The third-order valence-corrected chi connectivity index (χ3v) is 1.91. The van der Waals surface area contributed by atoms with Gasteiger partial charge >= 0.3 is 0 Å². The smallest absolute Gasteiger partial charge is 0.170 e. The van der Waals surface area contributed by atoms with Gasteiger partial charge in [-0.3, -0.25) is 0 Å². The molecule has 1 aromatic rings. The molecule has 0 aliphatic rings. The van der Waals surface area contributed by atoms with Gasteiger partial charge in [0.05, 0.1) is 13.3 Å². The summed E-state index contributed by atoms with van der Waals surface area (Å²) in [6.07, 6.45) is 1.52. The van der Waals surface area contributed by atoms with Crippen LogP contribution >= 0.6 is 0 Å². The Balaban J connectivity index is 3.03. The van der Waals surface area contributed by atoms with Crippen LogP contribution in [0.25, 0.3) is 0 Å². The molecule has 0 saturated carbocycles. The van der Waals surface area contributed by atoms with Gasteiger partial charge in [0.1, 0.15) is 6.61 Å². The zero-order valence-electron chi connectivity index (χ0n) is 9.56. The summed E-state index contributed by atoms with van der Waals surface area (Å²) in [4.78, 5) is 0. The third kappa shape index (κ3) is 3.02. The van der Waals surface area contributed by atoms with Crippen LogP contribution in [0.4, 0.5) is 0 Å².